The molecule has 18 heavy (non-hydrogen) atoms. The smallest absolute Gasteiger partial charge is 0.408 e. The number of ether oxygens (including phenoxy) is 1. The first kappa shape index (κ1) is 16.4. The van der Waals surface area contributed by atoms with E-state index in [1.54, 1.807) is 20.8 Å². The average molecular weight is 258 g/mol. The molecule has 0 aliphatic rings. The molecule has 0 atom stereocenters. The lowest BCUT2D eigenvalue weighted by molar-refractivity contribution is -0.128. The molecule has 0 unspecified atom stereocenters. The van der Waals surface area contributed by atoms with Crippen LogP contribution in [0, 0.1) is 0 Å². The normalized spacial score (nSPS) is 11.7. The van der Waals surface area contributed by atoms with Gasteiger partial charge in [0.25, 0.3) is 0 Å². The Morgan fingerprint density at radius 3 is 1.94 bits per heavy atom. The highest BCUT2D eigenvalue weighted by Gasteiger charge is 2.31. The van der Waals surface area contributed by atoms with Gasteiger partial charge >= 0.3 is 6.09 Å². The zero-order valence-electron chi connectivity index (χ0n) is 11.8. The number of ketones is 1. The molecule has 0 saturated heterocycles. The highest BCUT2D eigenvalue weighted by Crippen LogP contribution is 2.09. The zero-order chi connectivity index (χ0) is 14.6. The Bertz CT molecular complexity index is 342. The molecule has 0 radical (unpaired) electrons. The zero-order valence-corrected chi connectivity index (χ0v) is 11.8. The molecule has 0 heterocycles. The molecule has 0 aromatic carbocycles. The van der Waals surface area contributed by atoms with Crippen LogP contribution in [-0.2, 0) is 14.3 Å². The third-order valence-electron chi connectivity index (χ3n) is 1.88. The lowest BCUT2D eigenvalue weighted by Crippen LogP contribution is -2.56. The van der Waals surface area contributed by atoms with Gasteiger partial charge in [0.05, 0.1) is 6.54 Å². The Hall–Kier alpha value is -1.59. The monoisotopic (exact) mass is 258 g/mol. The molecule has 0 aromatic rings. The van der Waals surface area contributed by atoms with Crippen molar-refractivity contribution in [3.8, 4) is 0 Å². The van der Waals surface area contributed by atoms with Crippen LogP contribution in [0.5, 0.6) is 0 Å². The number of carbonyl (C=O) groups is 3. The van der Waals surface area contributed by atoms with Gasteiger partial charge < -0.3 is 15.4 Å². The van der Waals surface area contributed by atoms with Crippen LogP contribution in [0.2, 0.25) is 0 Å². The number of nitrogens with one attached hydrogen (secondary N) is 2. The van der Waals surface area contributed by atoms with E-state index in [0.29, 0.717) is 0 Å². The van der Waals surface area contributed by atoms with E-state index in [2.05, 4.69) is 10.6 Å². The standard InChI is InChI=1S/C12H22N2O4/c1-8(15)7-13-9(16)12(5,6)14-10(17)18-11(2,3)4/h7H2,1-6H3,(H,13,16)(H,14,17). The van der Waals surface area contributed by atoms with Crippen LogP contribution in [-0.4, -0.2) is 35.5 Å². The summed E-state index contributed by atoms with van der Waals surface area (Å²) in [5.74, 6) is -0.597. The Balaban J connectivity index is 4.41. The molecule has 2 amide bonds. The largest absolute Gasteiger partial charge is 0.444 e. The van der Waals surface area contributed by atoms with Gasteiger partial charge in [-0.15, -0.1) is 0 Å². The number of hydrogen-bond donors (Lipinski definition) is 2. The van der Waals surface area contributed by atoms with Crippen molar-refractivity contribution in [2.24, 2.45) is 0 Å². The van der Waals surface area contributed by atoms with Crippen molar-refractivity contribution in [1.29, 1.82) is 0 Å². The fourth-order valence-corrected chi connectivity index (χ4v) is 1.04. The second kappa shape index (κ2) is 5.84. The Labute approximate surface area is 107 Å². The molecule has 0 aromatic heterocycles. The van der Waals surface area contributed by atoms with Crippen LogP contribution in [0.3, 0.4) is 0 Å². The highest BCUT2D eigenvalue weighted by atomic mass is 16.6. The first-order valence-corrected chi connectivity index (χ1v) is 5.73. The summed E-state index contributed by atoms with van der Waals surface area (Å²) < 4.78 is 5.05. The summed E-state index contributed by atoms with van der Waals surface area (Å²) in [5, 5.41) is 4.88. The van der Waals surface area contributed by atoms with Gasteiger partial charge in [-0.05, 0) is 41.5 Å². The summed E-state index contributed by atoms with van der Waals surface area (Å²) in [6.45, 7) is 9.58. The second-order valence-electron chi connectivity index (χ2n) is 5.64. The number of alkyl carbamates (subject to hydrolysis) is 1. The number of amides is 2. The number of Topliss-reactive ketones (excluding diaryl/α,β-unsaturated/α-hetero) is 1. The predicted octanol–water partition coefficient (Wildman–Crippen LogP) is 0.995. The Morgan fingerprint density at radius 1 is 1.06 bits per heavy atom. The molecule has 0 bridgehead atoms. The van der Waals surface area contributed by atoms with Crippen LogP contribution in [0.1, 0.15) is 41.5 Å². The molecule has 0 aliphatic heterocycles. The molecule has 6 nitrogen and oxygen atoms in total. The van der Waals surface area contributed by atoms with Crippen molar-refractivity contribution >= 4 is 17.8 Å². The molecular weight excluding hydrogens is 236 g/mol. The summed E-state index contributed by atoms with van der Waals surface area (Å²) in [5.41, 5.74) is -1.77. The molecule has 2 N–H and O–H groups in total. The summed E-state index contributed by atoms with van der Waals surface area (Å²) in [7, 11) is 0. The SMILES string of the molecule is CC(=O)CNC(=O)C(C)(C)NC(=O)OC(C)(C)C. The number of carbonyl (C=O) groups excluding carboxylic acids is 3. The quantitative estimate of drug-likeness (QED) is 0.787. The molecule has 0 saturated carbocycles. The summed E-state index contributed by atoms with van der Waals surface area (Å²) in [4.78, 5) is 34.0. The van der Waals surface area contributed by atoms with Gasteiger partial charge in [-0.25, -0.2) is 4.79 Å². The number of rotatable bonds is 4. The van der Waals surface area contributed by atoms with E-state index in [-0.39, 0.29) is 12.3 Å². The molecule has 6 heteroatoms. The van der Waals surface area contributed by atoms with Crippen LogP contribution < -0.4 is 10.6 Å². The first-order valence-electron chi connectivity index (χ1n) is 5.73. The van der Waals surface area contributed by atoms with Crippen molar-refractivity contribution in [2.45, 2.75) is 52.7 Å². The first-order chi connectivity index (χ1) is 7.94. The van der Waals surface area contributed by atoms with Crippen molar-refractivity contribution in [3.63, 3.8) is 0 Å². The van der Waals surface area contributed by atoms with Gasteiger partial charge in [-0.2, -0.15) is 0 Å². The van der Waals surface area contributed by atoms with E-state index in [1.165, 1.54) is 20.8 Å². The minimum atomic E-state index is -1.14. The van der Waals surface area contributed by atoms with Crippen LogP contribution in [0.15, 0.2) is 0 Å². The Morgan fingerprint density at radius 2 is 1.56 bits per heavy atom. The molecule has 0 aliphatic carbocycles. The predicted molar refractivity (Wildman–Crippen MR) is 67.1 cm³/mol. The maximum atomic E-state index is 11.7. The van der Waals surface area contributed by atoms with E-state index in [4.69, 9.17) is 4.74 Å². The van der Waals surface area contributed by atoms with Gasteiger partial charge in [0.15, 0.2) is 0 Å². The van der Waals surface area contributed by atoms with Gasteiger partial charge in [-0.1, -0.05) is 0 Å². The van der Waals surface area contributed by atoms with Crippen LogP contribution >= 0.6 is 0 Å². The highest BCUT2D eigenvalue weighted by molar-refractivity contribution is 5.91. The third-order valence-corrected chi connectivity index (χ3v) is 1.88. The van der Waals surface area contributed by atoms with Crippen molar-refractivity contribution in [1.82, 2.24) is 10.6 Å². The van der Waals surface area contributed by atoms with Gasteiger partial charge in [0.1, 0.15) is 16.9 Å². The molecule has 104 valence electrons. The number of hydrogen-bond acceptors (Lipinski definition) is 4. The molecule has 0 spiro atoms. The summed E-state index contributed by atoms with van der Waals surface area (Å²) in [6, 6.07) is 0. The average Bonchev–Trinajstić information content (AvgIpc) is 2.09. The topological polar surface area (TPSA) is 84.5 Å². The van der Waals surface area contributed by atoms with Crippen molar-refractivity contribution in [3.05, 3.63) is 0 Å². The molecule has 0 rings (SSSR count). The van der Waals surface area contributed by atoms with E-state index in [9.17, 15) is 14.4 Å². The van der Waals surface area contributed by atoms with Gasteiger partial charge in [0.2, 0.25) is 5.91 Å². The van der Waals surface area contributed by atoms with Crippen molar-refractivity contribution < 1.29 is 19.1 Å². The van der Waals surface area contributed by atoms with E-state index >= 15 is 0 Å². The van der Waals surface area contributed by atoms with Gasteiger partial charge in [0, 0.05) is 0 Å². The lowest BCUT2D eigenvalue weighted by Gasteiger charge is -2.27. The van der Waals surface area contributed by atoms with E-state index in [0.717, 1.165) is 0 Å². The maximum Gasteiger partial charge on any atom is 0.408 e. The fraction of sp³-hybridized carbons (Fsp3) is 0.750. The minimum absolute atomic E-state index is 0.0573. The van der Waals surface area contributed by atoms with E-state index in [1.807, 2.05) is 0 Å². The minimum Gasteiger partial charge on any atom is -0.444 e. The van der Waals surface area contributed by atoms with Crippen LogP contribution in [0.4, 0.5) is 4.79 Å². The molecule has 0 fully saturated rings. The van der Waals surface area contributed by atoms with Crippen molar-refractivity contribution in [2.75, 3.05) is 6.54 Å². The Kier molecular flexibility index (Phi) is 5.32. The van der Waals surface area contributed by atoms with Crippen LogP contribution in [0.25, 0.3) is 0 Å². The summed E-state index contributed by atoms with van der Waals surface area (Å²) >= 11 is 0. The maximum absolute atomic E-state index is 11.7. The molecular formula is C12H22N2O4. The second-order valence-corrected chi connectivity index (χ2v) is 5.64. The van der Waals surface area contributed by atoms with Gasteiger partial charge in [-0.3, -0.25) is 9.59 Å². The third kappa shape index (κ3) is 6.88. The summed E-state index contributed by atoms with van der Waals surface area (Å²) in [6.07, 6.45) is -0.675. The lowest BCUT2D eigenvalue weighted by atomic mass is 10.1. The fourth-order valence-electron chi connectivity index (χ4n) is 1.04. The van der Waals surface area contributed by atoms with E-state index < -0.39 is 23.1 Å².